The molecule has 0 aliphatic carbocycles. The largest absolute Gasteiger partial charge is 0.495 e. The summed E-state index contributed by atoms with van der Waals surface area (Å²) in [4.78, 5) is 12.4. The Morgan fingerprint density at radius 2 is 2.00 bits per heavy atom. The summed E-state index contributed by atoms with van der Waals surface area (Å²) in [7, 11) is 3.29. The molecular weight excluding hydrogens is 306 g/mol. The van der Waals surface area contributed by atoms with Crippen molar-refractivity contribution in [3.05, 3.63) is 54.4 Å². The summed E-state index contributed by atoms with van der Waals surface area (Å²) in [6, 6.07) is 13.1. The molecule has 0 radical (unpaired) electrons. The van der Waals surface area contributed by atoms with Crippen molar-refractivity contribution in [3.8, 4) is 5.75 Å². The quantitative estimate of drug-likeness (QED) is 0.626. The number of benzene rings is 2. The van der Waals surface area contributed by atoms with E-state index in [1.807, 2.05) is 30.3 Å². The summed E-state index contributed by atoms with van der Waals surface area (Å²) < 4.78 is 12.8. The van der Waals surface area contributed by atoms with Crippen molar-refractivity contribution >= 4 is 33.5 Å². The van der Waals surface area contributed by atoms with Crippen LogP contribution >= 0.6 is 0 Å². The average molecular weight is 321 g/mol. The number of furan rings is 1. The number of carbonyl (C=O) groups is 1. The fourth-order valence-corrected chi connectivity index (χ4v) is 2.80. The minimum Gasteiger partial charge on any atom is -0.495 e. The predicted octanol–water partition coefficient (Wildman–Crippen LogP) is 3.58. The van der Waals surface area contributed by atoms with E-state index >= 15 is 0 Å². The van der Waals surface area contributed by atoms with E-state index in [0.717, 1.165) is 16.4 Å². The van der Waals surface area contributed by atoms with Gasteiger partial charge < -0.3 is 14.5 Å². The Morgan fingerprint density at radius 1 is 1.17 bits per heavy atom. The number of nitrogens with zero attached hydrogens (tertiary/aromatic N) is 2. The van der Waals surface area contributed by atoms with E-state index in [-0.39, 0.29) is 5.91 Å². The molecule has 120 valence electrons. The third-order valence-corrected chi connectivity index (χ3v) is 4.00. The molecule has 0 aliphatic rings. The lowest BCUT2D eigenvalue weighted by Gasteiger charge is -2.10. The molecule has 1 N–H and O–H groups in total. The number of fused-ring (bicyclic) bond motifs is 3. The van der Waals surface area contributed by atoms with Gasteiger partial charge in [-0.3, -0.25) is 9.48 Å². The van der Waals surface area contributed by atoms with Crippen molar-refractivity contribution < 1.29 is 13.9 Å². The van der Waals surface area contributed by atoms with Crippen LogP contribution in [-0.4, -0.2) is 22.8 Å². The fraction of sp³-hybridized carbons (Fsp3) is 0.111. The van der Waals surface area contributed by atoms with Gasteiger partial charge in [0.1, 0.15) is 22.6 Å². The second-order valence-corrected chi connectivity index (χ2v) is 5.44. The predicted molar refractivity (Wildman–Crippen MR) is 91.4 cm³/mol. The number of aromatic nitrogens is 2. The molecule has 0 aliphatic heterocycles. The van der Waals surface area contributed by atoms with Crippen LogP contribution in [0.5, 0.6) is 5.75 Å². The van der Waals surface area contributed by atoms with Crippen molar-refractivity contribution in [2.24, 2.45) is 7.05 Å². The van der Waals surface area contributed by atoms with E-state index in [0.29, 0.717) is 22.7 Å². The minimum absolute atomic E-state index is 0.260. The Morgan fingerprint density at radius 3 is 2.75 bits per heavy atom. The molecule has 6 nitrogen and oxygen atoms in total. The van der Waals surface area contributed by atoms with Crippen LogP contribution in [0.2, 0.25) is 0 Å². The van der Waals surface area contributed by atoms with Crippen molar-refractivity contribution in [1.29, 1.82) is 0 Å². The molecule has 0 unspecified atom stereocenters. The van der Waals surface area contributed by atoms with E-state index in [1.165, 1.54) is 4.68 Å². The lowest BCUT2D eigenvalue weighted by Crippen LogP contribution is -2.16. The molecule has 0 saturated heterocycles. The molecule has 0 fully saturated rings. The number of para-hydroxylation sites is 1. The molecule has 4 rings (SSSR count). The zero-order valence-corrected chi connectivity index (χ0v) is 13.2. The summed E-state index contributed by atoms with van der Waals surface area (Å²) in [5.41, 5.74) is 2.50. The van der Waals surface area contributed by atoms with Gasteiger partial charge in [0.05, 0.1) is 12.8 Å². The molecule has 4 aromatic rings. The van der Waals surface area contributed by atoms with Crippen molar-refractivity contribution in [3.63, 3.8) is 0 Å². The van der Waals surface area contributed by atoms with Crippen LogP contribution in [0.1, 0.15) is 10.5 Å². The lowest BCUT2D eigenvalue weighted by molar-refractivity contribution is 0.101. The van der Waals surface area contributed by atoms with Crippen LogP contribution in [-0.2, 0) is 7.05 Å². The maximum absolute atomic E-state index is 12.4. The van der Waals surface area contributed by atoms with Gasteiger partial charge in [0, 0.05) is 30.1 Å². The van der Waals surface area contributed by atoms with E-state index in [4.69, 9.17) is 9.15 Å². The van der Waals surface area contributed by atoms with Crippen LogP contribution in [0.25, 0.3) is 21.9 Å². The lowest BCUT2D eigenvalue weighted by atomic mass is 10.1. The Kier molecular flexibility index (Phi) is 3.23. The molecule has 2 heterocycles. The van der Waals surface area contributed by atoms with Crippen LogP contribution in [0, 0.1) is 0 Å². The summed E-state index contributed by atoms with van der Waals surface area (Å²) in [5, 5.41) is 8.82. The molecule has 0 spiro atoms. The van der Waals surface area contributed by atoms with Crippen molar-refractivity contribution in [2.45, 2.75) is 0 Å². The highest BCUT2D eigenvalue weighted by atomic mass is 16.5. The van der Waals surface area contributed by atoms with Gasteiger partial charge in [0.25, 0.3) is 5.91 Å². The van der Waals surface area contributed by atoms with Crippen LogP contribution in [0.3, 0.4) is 0 Å². The second-order valence-electron chi connectivity index (χ2n) is 5.44. The van der Waals surface area contributed by atoms with Gasteiger partial charge >= 0.3 is 0 Å². The van der Waals surface area contributed by atoms with E-state index in [1.54, 1.807) is 32.5 Å². The number of amides is 1. The van der Waals surface area contributed by atoms with E-state index in [9.17, 15) is 4.79 Å². The molecule has 6 heteroatoms. The molecule has 0 bridgehead atoms. The van der Waals surface area contributed by atoms with Crippen molar-refractivity contribution in [1.82, 2.24) is 9.78 Å². The molecular formula is C18H15N3O3. The standard InChI is InChI=1S/C18H15N3O3/c1-21-14(7-8-19-21)18(22)20-13-10-16-12(9-17(13)23-2)11-5-3-4-6-15(11)24-16/h3-10H,1-2H3,(H,20,22). The molecule has 24 heavy (non-hydrogen) atoms. The Bertz CT molecular complexity index is 1060. The maximum atomic E-state index is 12.4. The second kappa shape index (κ2) is 5.42. The Hall–Kier alpha value is -3.28. The maximum Gasteiger partial charge on any atom is 0.274 e. The fourth-order valence-electron chi connectivity index (χ4n) is 2.80. The minimum atomic E-state index is -0.260. The number of hydrogen-bond acceptors (Lipinski definition) is 4. The van der Waals surface area contributed by atoms with Crippen LogP contribution in [0.4, 0.5) is 5.69 Å². The summed E-state index contributed by atoms with van der Waals surface area (Å²) in [5.74, 6) is 0.313. The van der Waals surface area contributed by atoms with Gasteiger partial charge in [-0.05, 0) is 18.2 Å². The van der Waals surface area contributed by atoms with Crippen molar-refractivity contribution in [2.75, 3.05) is 12.4 Å². The molecule has 0 saturated carbocycles. The first-order chi connectivity index (χ1) is 11.7. The van der Waals surface area contributed by atoms with E-state index < -0.39 is 0 Å². The monoisotopic (exact) mass is 321 g/mol. The molecule has 1 amide bonds. The normalized spacial score (nSPS) is 11.1. The SMILES string of the molecule is COc1cc2c(cc1NC(=O)c1ccnn1C)oc1ccccc12. The Balaban J connectivity index is 1.81. The summed E-state index contributed by atoms with van der Waals surface area (Å²) in [6.07, 6.45) is 1.58. The number of methoxy groups -OCH3 is 1. The van der Waals surface area contributed by atoms with Gasteiger partial charge in [0.2, 0.25) is 0 Å². The topological polar surface area (TPSA) is 69.3 Å². The van der Waals surface area contributed by atoms with Gasteiger partial charge in [-0.1, -0.05) is 18.2 Å². The number of rotatable bonds is 3. The first-order valence-electron chi connectivity index (χ1n) is 7.46. The zero-order chi connectivity index (χ0) is 16.7. The van der Waals surface area contributed by atoms with Gasteiger partial charge in [-0.2, -0.15) is 5.10 Å². The number of anilines is 1. The summed E-state index contributed by atoms with van der Waals surface area (Å²) in [6.45, 7) is 0. The number of carbonyl (C=O) groups excluding carboxylic acids is 1. The number of aryl methyl sites for hydroxylation is 1. The third kappa shape index (κ3) is 2.20. The van der Waals surface area contributed by atoms with Crippen LogP contribution in [0.15, 0.2) is 53.1 Å². The third-order valence-electron chi connectivity index (χ3n) is 4.00. The molecule has 2 aromatic heterocycles. The highest BCUT2D eigenvalue weighted by molar-refractivity contribution is 6.09. The highest BCUT2D eigenvalue weighted by Gasteiger charge is 2.16. The number of hydrogen-bond donors (Lipinski definition) is 1. The Labute approximate surface area is 137 Å². The highest BCUT2D eigenvalue weighted by Crippen LogP contribution is 2.36. The van der Waals surface area contributed by atoms with E-state index in [2.05, 4.69) is 10.4 Å². The van der Waals surface area contributed by atoms with Gasteiger partial charge in [-0.25, -0.2) is 0 Å². The molecule has 2 aromatic carbocycles. The number of nitrogens with one attached hydrogen (secondary N) is 1. The first-order valence-corrected chi connectivity index (χ1v) is 7.46. The molecule has 0 atom stereocenters. The average Bonchev–Trinajstić information content (AvgIpc) is 3.17. The van der Waals surface area contributed by atoms with Gasteiger partial charge in [0.15, 0.2) is 0 Å². The van der Waals surface area contributed by atoms with Gasteiger partial charge in [-0.15, -0.1) is 0 Å². The van der Waals surface area contributed by atoms with Crippen LogP contribution < -0.4 is 10.1 Å². The first kappa shape index (κ1) is 14.3. The summed E-state index contributed by atoms with van der Waals surface area (Å²) >= 11 is 0. The number of ether oxygens (including phenoxy) is 1. The zero-order valence-electron chi connectivity index (χ0n) is 13.2. The smallest absolute Gasteiger partial charge is 0.274 e.